The number of amides is 2. The number of carbonyl (C=O) groups is 2. The van der Waals surface area contributed by atoms with Gasteiger partial charge in [-0.3, -0.25) is 9.63 Å². The summed E-state index contributed by atoms with van der Waals surface area (Å²) in [6.07, 6.45) is 7.25. The molecule has 2 aliphatic carbocycles. The second-order valence-corrected chi connectivity index (χ2v) is 18.8. The van der Waals surface area contributed by atoms with Crippen molar-refractivity contribution in [1.82, 2.24) is 19.3 Å². The van der Waals surface area contributed by atoms with Gasteiger partial charge in [0.2, 0.25) is 10.0 Å². The van der Waals surface area contributed by atoms with E-state index >= 15 is 0 Å². The zero-order valence-corrected chi connectivity index (χ0v) is 32.3. The van der Waals surface area contributed by atoms with Crippen molar-refractivity contribution in [3.8, 4) is 17.0 Å². The van der Waals surface area contributed by atoms with Crippen molar-refractivity contribution in [3.63, 3.8) is 0 Å². The number of nitrogens with zero attached hydrogens (tertiary/aromatic N) is 3. The van der Waals surface area contributed by atoms with Gasteiger partial charge in [-0.1, -0.05) is 25.3 Å². The lowest BCUT2D eigenvalue weighted by Crippen LogP contribution is -2.39. The summed E-state index contributed by atoms with van der Waals surface area (Å²) in [7, 11) is -2.09. The van der Waals surface area contributed by atoms with Crippen LogP contribution in [0.1, 0.15) is 113 Å². The highest BCUT2D eigenvalue weighted by atomic mass is 32.2. The number of benzene rings is 2. The topological polar surface area (TPSA) is 119 Å². The fourth-order valence-electron chi connectivity index (χ4n) is 8.49. The maximum absolute atomic E-state index is 13.4. The molecular weight excluding hydrogens is 681 g/mol. The van der Waals surface area contributed by atoms with Crippen LogP contribution in [-0.4, -0.2) is 85.7 Å². The Morgan fingerprint density at radius 1 is 0.981 bits per heavy atom. The molecular formula is C40H54N4O7S. The van der Waals surface area contributed by atoms with E-state index in [2.05, 4.69) is 21.4 Å². The van der Waals surface area contributed by atoms with Gasteiger partial charge in [0.15, 0.2) is 0 Å². The molecule has 52 heavy (non-hydrogen) atoms. The molecule has 2 atom stereocenters. The molecule has 2 aliphatic heterocycles. The average Bonchev–Trinajstić information content (AvgIpc) is 3.81. The van der Waals surface area contributed by atoms with E-state index in [1.54, 1.807) is 31.9 Å². The Morgan fingerprint density at radius 2 is 1.75 bits per heavy atom. The molecule has 3 aromatic rings. The molecule has 0 spiro atoms. The number of carbonyl (C=O) groups excluding carboxylic acids is 2. The predicted molar refractivity (Wildman–Crippen MR) is 201 cm³/mol. The fraction of sp³-hybridized carbons (Fsp3) is 0.600. The van der Waals surface area contributed by atoms with Gasteiger partial charge in [-0.15, -0.1) is 0 Å². The summed E-state index contributed by atoms with van der Waals surface area (Å²) >= 11 is 0. The van der Waals surface area contributed by atoms with Gasteiger partial charge in [-0.05, 0) is 114 Å². The summed E-state index contributed by atoms with van der Waals surface area (Å²) in [5, 5.41) is 2.40. The van der Waals surface area contributed by atoms with Crippen molar-refractivity contribution >= 4 is 32.9 Å². The third-order valence-electron chi connectivity index (χ3n) is 11.4. The minimum atomic E-state index is -3.80. The van der Waals surface area contributed by atoms with Crippen LogP contribution < -0.4 is 9.46 Å². The first-order chi connectivity index (χ1) is 24.7. The van der Waals surface area contributed by atoms with Crippen LogP contribution in [0.3, 0.4) is 0 Å². The van der Waals surface area contributed by atoms with E-state index < -0.39 is 26.8 Å². The maximum atomic E-state index is 13.4. The van der Waals surface area contributed by atoms with Crippen LogP contribution in [-0.2, 0) is 26.1 Å². The molecule has 2 saturated carbocycles. The summed E-state index contributed by atoms with van der Waals surface area (Å²) in [6, 6.07) is 12.1. The van der Waals surface area contributed by atoms with Gasteiger partial charge in [-0.25, -0.2) is 17.9 Å². The van der Waals surface area contributed by atoms with E-state index in [1.165, 1.54) is 41.6 Å². The number of hydrogen-bond acceptors (Lipinski definition) is 8. The second-order valence-electron chi connectivity index (χ2n) is 16.5. The lowest BCUT2D eigenvalue weighted by molar-refractivity contribution is -0.171. The fourth-order valence-corrected chi connectivity index (χ4v) is 9.10. The van der Waals surface area contributed by atoms with Crippen molar-refractivity contribution in [2.45, 2.75) is 109 Å². The van der Waals surface area contributed by atoms with Gasteiger partial charge in [0.05, 0.1) is 24.7 Å². The largest absolute Gasteiger partial charge is 0.497 e. The first-order valence-electron chi connectivity index (χ1n) is 19.0. The van der Waals surface area contributed by atoms with Gasteiger partial charge in [0, 0.05) is 60.2 Å². The van der Waals surface area contributed by atoms with Crippen molar-refractivity contribution in [3.05, 3.63) is 53.1 Å². The molecule has 2 amide bonds. The third kappa shape index (κ3) is 7.18. The Kier molecular flexibility index (Phi) is 9.88. The second kappa shape index (κ2) is 14.0. The molecule has 1 N–H and O–H groups in total. The Hall–Kier alpha value is -3.61. The number of nitrogens with one attached hydrogen (secondary N) is 1. The monoisotopic (exact) mass is 734 g/mol. The van der Waals surface area contributed by atoms with Crippen LogP contribution >= 0.6 is 0 Å². The Balaban J connectivity index is 1.26. The molecule has 11 nitrogen and oxygen atoms in total. The number of hydrogen-bond donors (Lipinski definition) is 1. The number of ether oxygens (including phenoxy) is 2. The number of hydroxylamine groups is 2. The molecule has 2 aromatic carbocycles. The van der Waals surface area contributed by atoms with Crippen molar-refractivity contribution in [1.29, 1.82) is 0 Å². The highest BCUT2D eigenvalue weighted by molar-refractivity contribution is 7.90. The van der Waals surface area contributed by atoms with Crippen molar-refractivity contribution in [2.24, 2.45) is 5.41 Å². The first kappa shape index (κ1) is 36.7. The average molecular weight is 735 g/mol. The third-order valence-corrected chi connectivity index (χ3v) is 13.1. The zero-order valence-electron chi connectivity index (χ0n) is 31.5. The summed E-state index contributed by atoms with van der Waals surface area (Å²) in [4.78, 5) is 34.7. The Morgan fingerprint density at radius 3 is 2.46 bits per heavy atom. The smallest absolute Gasteiger partial charge is 0.410 e. The molecule has 282 valence electrons. The molecule has 0 radical (unpaired) electrons. The minimum Gasteiger partial charge on any atom is -0.497 e. The van der Waals surface area contributed by atoms with Gasteiger partial charge < -0.3 is 18.9 Å². The number of fused-ring (bicyclic) bond motifs is 7. The molecule has 1 aromatic heterocycles. The summed E-state index contributed by atoms with van der Waals surface area (Å²) < 4.78 is 41.5. The van der Waals surface area contributed by atoms with Crippen LogP contribution in [0.15, 0.2) is 36.4 Å². The molecule has 3 fully saturated rings. The molecule has 1 saturated heterocycles. The SMILES string of the molecule is COc1ccc2c(c1)C1CC1(CON1CCCN(C(=O)OC(C)(C)C)CC1)Cn1c-2c(C2CCCCC2)c2ccc(C(=O)NS(=O)(=O)C(C)C)cc21. The van der Waals surface area contributed by atoms with E-state index in [4.69, 9.17) is 14.3 Å². The number of methoxy groups -OCH3 is 1. The molecule has 2 unspecified atom stereocenters. The van der Waals surface area contributed by atoms with Crippen LogP contribution in [0, 0.1) is 5.41 Å². The summed E-state index contributed by atoms with van der Waals surface area (Å²) in [6.45, 7) is 12.4. The normalized spacial score (nSPS) is 22.6. The van der Waals surface area contributed by atoms with E-state index in [-0.39, 0.29) is 17.4 Å². The van der Waals surface area contributed by atoms with Gasteiger partial charge in [0.25, 0.3) is 5.91 Å². The Labute approximate surface area is 308 Å². The summed E-state index contributed by atoms with van der Waals surface area (Å²) in [5.74, 6) is 0.840. The molecule has 0 bridgehead atoms. The standard InChI is InChI=1S/C40H54N4O7S/c1-26(2)52(47,48)41-37(45)28-13-15-31-34(21-28)44-24-40(25-50-43-18-10-17-42(19-20-43)38(46)51-39(3,4)5)23-33(40)32-22-29(49-6)14-16-30(32)36(44)35(31)27-11-8-7-9-12-27/h13-16,21-22,26-27,33H,7-12,17-20,23-25H2,1-6H3,(H,41,45). The number of aromatic nitrogens is 1. The van der Waals surface area contributed by atoms with E-state index in [9.17, 15) is 18.0 Å². The van der Waals surface area contributed by atoms with Crippen LogP contribution in [0.5, 0.6) is 5.75 Å². The first-order valence-corrected chi connectivity index (χ1v) is 20.5. The van der Waals surface area contributed by atoms with Crippen LogP contribution in [0.2, 0.25) is 0 Å². The highest BCUT2D eigenvalue weighted by Crippen LogP contribution is 2.65. The lowest BCUT2D eigenvalue weighted by Gasteiger charge is -2.27. The van der Waals surface area contributed by atoms with Gasteiger partial charge in [-0.2, -0.15) is 5.06 Å². The van der Waals surface area contributed by atoms with Gasteiger partial charge in [0.1, 0.15) is 11.4 Å². The molecule has 4 aliphatic rings. The molecule has 3 heterocycles. The lowest BCUT2D eigenvalue weighted by atomic mass is 9.81. The zero-order chi connectivity index (χ0) is 37.0. The van der Waals surface area contributed by atoms with E-state index in [0.717, 1.165) is 42.3 Å². The predicted octanol–water partition coefficient (Wildman–Crippen LogP) is 7.19. The molecule has 12 heteroatoms. The van der Waals surface area contributed by atoms with Crippen molar-refractivity contribution in [2.75, 3.05) is 39.9 Å². The van der Waals surface area contributed by atoms with Crippen LogP contribution in [0.25, 0.3) is 22.2 Å². The minimum absolute atomic E-state index is 0.210. The van der Waals surface area contributed by atoms with Gasteiger partial charge >= 0.3 is 6.09 Å². The quantitative estimate of drug-likeness (QED) is 0.258. The van der Waals surface area contributed by atoms with E-state index in [0.29, 0.717) is 50.8 Å². The van der Waals surface area contributed by atoms with E-state index in [1.807, 2.05) is 44.0 Å². The number of sulfonamides is 1. The summed E-state index contributed by atoms with van der Waals surface area (Å²) in [5.41, 5.74) is 5.49. The molecule has 7 rings (SSSR count). The Bertz CT molecular complexity index is 1960. The van der Waals surface area contributed by atoms with Crippen molar-refractivity contribution < 1.29 is 32.3 Å². The number of rotatable bonds is 8. The van der Waals surface area contributed by atoms with Crippen LogP contribution in [0.4, 0.5) is 4.79 Å². The maximum Gasteiger partial charge on any atom is 0.410 e. The highest BCUT2D eigenvalue weighted by Gasteiger charge is 2.58.